The maximum Gasteiger partial charge on any atom is 0.233 e. The molecule has 0 bridgehead atoms. The number of rotatable bonds is 7. The topological polar surface area (TPSA) is 94.4 Å². The van der Waals surface area contributed by atoms with Crippen LogP contribution in [0.15, 0.2) is 59.8 Å². The Kier molecular flexibility index (Phi) is 6.52. The van der Waals surface area contributed by atoms with E-state index >= 15 is 0 Å². The molecule has 1 amide bonds. The van der Waals surface area contributed by atoms with Crippen LogP contribution in [-0.2, 0) is 14.6 Å². The largest absolute Gasteiger partial charge is 0.497 e. The Morgan fingerprint density at radius 2 is 1.88 bits per heavy atom. The van der Waals surface area contributed by atoms with E-state index in [4.69, 9.17) is 4.74 Å². The molecule has 0 saturated carbocycles. The van der Waals surface area contributed by atoms with Gasteiger partial charge in [0.15, 0.2) is 20.8 Å². The highest BCUT2D eigenvalue weighted by atomic mass is 32.2. The number of hydrogen-bond acceptors (Lipinski definition) is 7. The molecule has 1 unspecified atom stereocenters. The third kappa shape index (κ3) is 4.81. The van der Waals surface area contributed by atoms with E-state index in [9.17, 15) is 13.2 Å². The lowest BCUT2D eigenvalue weighted by atomic mass is 10.2. The molecule has 2 aromatic carbocycles. The molecule has 168 valence electrons. The quantitative estimate of drug-likeness (QED) is 0.488. The van der Waals surface area contributed by atoms with Crippen molar-refractivity contribution in [1.82, 2.24) is 19.7 Å². The summed E-state index contributed by atoms with van der Waals surface area (Å²) in [5.41, 5.74) is 1.75. The fourth-order valence-corrected chi connectivity index (χ4v) is 6.26. The van der Waals surface area contributed by atoms with Crippen LogP contribution < -0.4 is 4.74 Å². The first kappa shape index (κ1) is 22.3. The van der Waals surface area contributed by atoms with Crippen molar-refractivity contribution in [2.45, 2.75) is 17.6 Å². The standard InChI is InChI=1S/C22H24N4O4S2/c1-25(18-12-13-32(28,29)15-18)20(27)14-31-22-24-23-21(16-8-10-19(30-2)11-9-16)26(22)17-6-4-3-5-7-17/h3-11,18H,12-15H2,1-2H3. The van der Waals surface area contributed by atoms with Crippen LogP contribution in [-0.4, -0.2) is 71.4 Å². The summed E-state index contributed by atoms with van der Waals surface area (Å²) in [5.74, 6) is 1.57. The SMILES string of the molecule is COc1ccc(-c2nnc(SCC(=O)N(C)C3CCS(=O)(=O)C3)n2-c2ccccc2)cc1. The number of thioether (sulfide) groups is 1. The summed E-state index contributed by atoms with van der Waals surface area (Å²) in [6.07, 6.45) is 0.483. The summed E-state index contributed by atoms with van der Waals surface area (Å²) in [7, 11) is 0.230. The highest BCUT2D eigenvalue weighted by Gasteiger charge is 2.32. The van der Waals surface area contributed by atoms with Crippen molar-refractivity contribution < 1.29 is 17.9 Å². The number of benzene rings is 2. The van der Waals surface area contributed by atoms with Gasteiger partial charge in [0.2, 0.25) is 5.91 Å². The van der Waals surface area contributed by atoms with Crippen LogP contribution in [0.1, 0.15) is 6.42 Å². The molecule has 1 aromatic heterocycles. The molecule has 4 rings (SSSR count). The van der Waals surface area contributed by atoms with Gasteiger partial charge in [-0.05, 0) is 42.8 Å². The molecule has 1 saturated heterocycles. The normalized spacial score (nSPS) is 17.2. The van der Waals surface area contributed by atoms with Crippen molar-refractivity contribution in [2.24, 2.45) is 0 Å². The molecular formula is C22H24N4O4S2. The van der Waals surface area contributed by atoms with Crippen LogP contribution in [0.4, 0.5) is 0 Å². The minimum atomic E-state index is -3.05. The lowest BCUT2D eigenvalue weighted by molar-refractivity contribution is -0.128. The van der Waals surface area contributed by atoms with Crippen LogP contribution in [0.3, 0.4) is 0 Å². The van der Waals surface area contributed by atoms with Gasteiger partial charge in [0.25, 0.3) is 0 Å². The maximum absolute atomic E-state index is 12.7. The first-order valence-electron chi connectivity index (χ1n) is 10.1. The highest BCUT2D eigenvalue weighted by Crippen LogP contribution is 2.29. The summed E-state index contributed by atoms with van der Waals surface area (Å²) < 4.78 is 30.7. The molecule has 1 atom stereocenters. The predicted octanol–water partition coefficient (Wildman–Crippen LogP) is 2.68. The van der Waals surface area contributed by atoms with Gasteiger partial charge in [-0.2, -0.15) is 0 Å². The Morgan fingerprint density at radius 3 is 2.50 bits per heavy atom. The van der Waals surface area contributed by atoms with Gasteiger partial charge >= 0.3 is 0 Å². The highest BCUT2D eigenvalue weighted by molar-refractivity contribution is 7.99. The number of para-hydroxylation sites is 1. The Balaban J connectivity index is 1.57. The van der Waals surface area contributed by atoms with E-state index in [1.165, 1.54) is 11.8 Å². The molecule has 10 heteroatoms. The van der Waals surface area contributed by atoms with Gasteiger partial charge in [-0.15, -0.1) is 10.2 Å². The van der Waals surface area contributed by atoms with Crippen LogP contribution >= 0.6 is 11.8 Å². The van der Waals surface area contributed by atoms with Crippen molar-refractivity contribution >= 4 is 27.5 Å². The average Bonchev–Trinajstić information content (AvgIpc) is 3.40. The molecular weight excluding hydrogens is 448 g/mol. The fraction of sp³-hybridized carbons (Fsp3) is 0.318. The van der Waals surface area contributed by atoms with Crippen LogP contribution in [0.25, 0.3) is 17.1 Å². The van der Waals surface area contributed by atoms with Gasteiger partial charge in [0, 0.05) is 24.3 Å². The Hall–Kier alpha value is -2.85. The molecule has 0 spiro atoms. The number of ether oxygens (including phenoxy) is 1. The third-order valence-electron chi connectivity index (χ3n) is 5.47. The summed E-state index contributed by atoms with van der Waals surface area (Å²) in [6.45, 7) is 0. The molecule has 0 radical (unpaired) electrons. The third-order valence-corrected chi connectivity index (χ3v) is 8.13. The zero-order valence-corrected chi connectivity index (χ0v) is 19.5. The average molecular weight is 473 g/mol. The summed E-state index contributed by atoms with van der Waals surface area (Å²) in [6, 6.07) is 17.0. The van der Waals surface area contributed by atoms with Crippen molar-refractivity contribution in [3.05, 3.63) is 54.6 Å². The number of hydrogen-bond donors (Lipinski definition) is 0. The van der Waals surface area contributed by atoms with Crippen molar-refractivity contribution in [1.29, 1.82) is 0 Å². The number of carbonyl (C=O) groups is 1. The second-order valence-corrected chi connectivity index (χ2v) is 10.7. The summed E-state index contributed by atoms with van der Waals surface area (Å²) in [5, 5.41) is 9.31. The molecule has 3 aromatic rings. The molecule has 0 aliphatic carbocycles. The van der Waals surface area contributed by atoms with Gasteiger partial charge in [-0.25, -0.2) is 8.42 Å². The molecule has 0 N–H and O–H groups in total. The second kappa shape index (κ2) is 9.33. The van der Waals surface area contributed by atoms with Crippen LogP contribution in [0, 0.1) is 0 Å². The van der Waals surface area contributed by atoms with E-state index in [-0.39, 0.29) is 29.2 Å². The molecule has 1 aliphatic rings. The van der Waals surface area contributed by atoms with E-state index in [0.717, 1.165) is 17.0 Å². The first-order valence-corrected chi connectivity index (χ1v) is 12.9. The summed E-state index contributed by atoms with van der Waals surface area (Å²) in [4.78, 5) is 14.3. The first-order chi connectivity index (χ1) is 15.4. The maximum atomic E-state index is 12.7. The summed E-state index contributed by atoms with van der Waals surface area (Å²) >= 11 is 1.28. The molecule has 1 aliphatic heterocycles. The lowest BCUT2D eigenvalue weighted by Crippen LogP contribution is -2.38. The van der Waals surface area contributed by atoms with E-state index in [0.29, 0.717) is 17.4 Å². The number of amides is 1. The van der Waals surface area contributed by atoms with Gasteiger partial charge in [0.05, 0.1) is 24.4 Å². The zero-order chi connectivity index (χ0) is 22.7. The van der Waals surface area contributed by atoms with E-state index in [1.807, 2.05) is 59.2 Å². The monoisotopic (exact) mass is 472 g/mol. The molecule has 8 nitrogen and oxygen atoms in total. The predicted molar refractivity (Wildman–Crippen MR) is 124 cm³/mol. The van der Waals surface area contributed by atoms with Crippen molar-refractivity contribution in [3.8, 4) is 22.8 Å². The molecule has 32 heavy (non-hydrogen) atoms. The van der Waals surface area contributed by atoms with Gasteiger partial charge in [-0.1, -0.05) is 30.0 Å². The Labute approximate surface area is 191 Å². The second-order valence-electron chi connectivity index (χ2n) is 7.56. The van der Waals surface area contributed by atoms with E-state index in [2.05, 4.69) is 10.2 Å². The van der Waals surface area contributed by atoms with Gasteiger partial charge in [-0.3, -0.25) is 9.36 Å². The number of aromatic nitrogens is 3. The number of sulfone groups is 1. The van der Waals surface area contributed by atoms with Crippen molar-refractivity contribution in [2.75, 3.05) is 31.4 Å². The zero-order valence-electron chi connectivity index (χ0n) is 17.8. The lowest BCUT2D eigenvalue weighted by Gasteiger charge is -2.23. The number of nitrogens with zero attached hydrogens (tertiary/aromatic N) is 4. The molecule has 1 fully saturated rings. The molecule has 2 heterocycles. The smallest absolute Gasteiger partial charge is 0.233 e. The Bertz CT molecular complexity index is 1190. The van der Waals surface area contributed by atoms with Crippen LogP contribution in [0.5, 0.6) is 5.75 Å². The number of methoxy groups -OCH3 is 1. The minimum absolute atomic E-state index is 0.0295. The number of carbonyl (C=O) groups excluding carboxylic acids is 1. The van der Waals surface area contributed by atoms with E-state index in [1.54, 1.807) is 19.1 Å². The van der Waals surface area contributed by atoms with Crippen molar-refractivity contribution in [3.63, 3.8) is 0 Å². The van der Waals surface area contributed by atoms with E-state index < -0.39 is 9.84 Å². The van der Waals surface area contributed by atoms with Gasteiger partial charge in [0.1, 0.15) is 5.75 Å². The minimum Gasteiger partial charge on any atom is -0.497 e. The fourth-order valence-electron chi connectivity index (χ4n) is 3.61. The Morgan fingerprint density at radius 1 is 1.16 bits per heavy atom. The van der Waals surface area contributed by atoms with Gasteiger partial charge < -0.3 is 9.64 Å². The van der Waals surface area contributed by atoms with Crippen LogP contribution in [0.2, 0.25) is 0 Å².